The lowest BCUT2D eigenvalue weighted by Gasteiger charge is -2.09. The highest BCUT2D eigenvalue weighted by Gasteiger charge is 2.13. The van der Waals surface area contributed by atoms with Crippen molar-refractivity contribution in [1.82, 2.24) is 5.32 Å². The van der Waals surface area contributed by atoms with Crippen LogP contribution in [0.5, 0.6) is 0 Å². The molecular formula is C14H27N3. The van der Waals surface area contributed by atoms with Crippen LogP contribution in [0.3, 0.4) is 0 Å². The molecule has 1 saturated carbocycles. The van der Waals surface area contributed by atoms with E-state index < -0.39 is 0 Å². The van der Waals surface area contributed by atoms with E-state index in [-0.39, 0.29) is 0 Å². The number of hydrogen-bond donors (Lipinski definition) is 2. The van der Waals surface area contributed by atoms with Crippen LogP contribution in [0.25, 0.3) is 0 Å². The second-order valence-corrected chi connectivity index (χ2v) is 5.23. The Morgan fingerprint density at radius 2 is 2.06 bits per heavy atom. The molecule has 0 heterocycles. The van der Waals surface area contributed by atoms with Gasteiger partial charge in [0.2, 0.25) is 0 Å². The lowest BCUT2D eigenvalue weighted by molar-refractivity contribution is 0.473. The van der Waals surface area contributed by atoms with Crippen molar-refractivity contribution in [1.29, 1.82) is 0 Å². The van der Waals surface area contributed by atoms with Gasteiger partial charge in [-0.05, 0) is 19.3 Å². The molecular weight excluding hydrogens is 210 g/mol. The molecule has 3 nitrogen and oxygen atoms in total. The molecule has 0 radical (unpaired) electrons. The third-order valence-electron chi connectivity index (χ3n) is 3.34. The Kier molecular flexibility index (Phi) is 6.75. The van der Waals surface area contributed by atoms with E-state index in [1.807, 2.05) is 6.92 Å². The van der Waals surface area contributed by atoms with E-state index in [2.05, 4.69) is 16.9 Å². The fourth-order valence-electron chi connectivity index (χ4n) is 2.35. The zero-order valence-electron chi connectivity index (χ0n) is 11.2. The Morgan fingerprint density at radius 1 is 1.35 bits per heavy atom. The summed E-state index contributed by atoms with van der Waals surface area (Å²) in [6.45, 7) is 7.32. The van der Waals surface area contributed by atoms with E-state index in [9.17, 15) is 0 Å². The molecule has 1 aliphatic rings. The number of aliphatic imine (C=N–C) groups is 1. The molecule has 0 spiro atoms. The number of nitrogens with zero attached hydrogens (tertiary/aromatic N) is 1. The van der Waals surface area contributed by atoms with E-state index >= 15 is 0 Å². The number of guanidine groups is 1. The standard InChI is InChI=1S/C14H27N3/c1-12(2)11-17-14(15)16-10-6-5-9-13-7-3-4-8-13/h13H,1,3-11H2,2H3,(H3,15,16,17). The summed E-state index contributed by atoms with van der Waals surface area (Å²) < 4.78 is 0. The fraction of sp³-hybridized carbons (Fsp3) is 0.786. The lowest BCUT2D eigenvalue weighted by Crippen LogP contribution is -2.32. The molecule has 0 saturated heterocycles. The summed E-state index contributed by atoms with van der Waals surface area (Å²) in [7, 11) is 0. The normalized spacial score (nSPS) is 17.4. The van der Waals surface area contributed by atoms with Crippen LogP contribution in [0, 0.1) is 5.92 Å². The zero-order chi connectivity index (χ0) is 12.5. The quantitative estimate of drug-likeness (QED) is 0.309. The van der Waals surface area contributed by atoms with Crippen molar-refractivity contribution in [3.05, 3.63) is 12.2 Å². The maximum Gasteiger partial charge on any atom is 0.188 e. The Hall–Kier alpha value is -0.990. The number of nitrogens with two attached hydrogens (primary N) is 1. The first-order chi connectivity index (χ1) is 8.18. The first-order valence-electron chi connectivity index (χ1n) is 6.86. The third kappa shape index (κ3) is 7.03. The summed E-state index contributed by atoms with van der Waals surface area (Å²) in [6, 6.07) is 0. The van der Waals surface area contributed by atoms with E-state index in [0.29, 0.717) is 12.5 Å². The van der Waals surface area contributed by atoms with Gasteiger partial charge >= 0.3 is 0 Å². The minimum absolute atomic E-state index is 0.550. The fourth-order valence-corrected chi connectivity index (χ4v) is 2.35. The first kappa shape index (κ1) is 14.1. The van der Waals surface area contributed by atoms with Gasteiger partial charge in [0.1, 0.15) is 0 Å². The van der Waals surface area contributed by atoms with Crippen LogP contribution in [0.15, 0.2) is 17.1 Å². The van der Waals surface area contributed by atoms with Gasteiger partial charge in [-0.1, -0.05) is 50.7 Å². The van der Waals surface area contributed by atoms with Crippen molar-refractivity contribution >= 4 is 5.96 Å². The van der Waals surface area contributed by atoms with Gasteiger partial charge in [-0.15, -0.1) is 0 Å². The molecule has 1 rings (SSSR count). The largest absolute Gasteiger partial charge is 0.370 e. The molecule has 17 heavy (non-hydrogen) atoms. The topological polar surface area (TPSA) is 50.4 Å². The van der Waals surface area contributed by atoms with Crippen molar-refractivity contribution in [2.75, 3.05) is 13.1 Å². The van der Waals surface area contributed by atoms with Crippen LogP contribution in [0.4, 0.5) is 0 Å². The minimum Gasteiger partial charge on any atom is -0.370 e. The maximum atomic E-state index is 5.72. The highest BCUT2D eigenvalue weighted by atomic mass is 15.1. The molecule has 0 aromatic rings. The van der Waals surface area contributed by atoms with Crippen molar-refractivity contribution in [3.63, 3.8) is 0 Å². The van der Waals surface area contributed by atoms with Crippen LogP contribution in [-0.2, 0) is 0 Å². The van der Waals surface area contributed by atoms with Gasteiger partial charge in [0.15, 0.2) is 5.96 Å². The van der Waals surface area contributed by atoms with Gasteiger partial charge in [0, 0.05) is 6.54 Å². The SMILES string of the molecule is C=C(C)CN=C(N)NCCCCC1CCCC1. The van der Waals surface area contributed by atoms with E-state index in [1.54, 1.807) is 0 Å². The van der Waals surface area contributed by atoms with Crippen molar-refractivity contribution in [3.8, 4) is 0 Å². The molecule has 1 aliphatic carbocycles. The van der Waals surface area contributed by atoms with Crippen molar-refractivity contribution in [2.45, 2.75) is 51.9 Å². The second kappa shape index (κ2) is 8.15. The summed E-state index contributed by atoms with van der Waals surface area (Å²) in [6.07, 6.45) is 9.70. The van der Waals surface area contributed by atoms with E-state index in [0.717, 1.165) is 18.0 Å². The Morgan fingerprint density at radius 3 is 2.71 bits per heavy atom. The molecule has 98 valence electrons. The van der Waals surface area contributed by atoms with Gasteiger partial charge in [-0.3, -0.25) is 0 Å². The van der Waals surface area contributed by atoms with Gasteiger partial charge in [-0.25, -0.2) is 4.99 Å². The highest BCUT2D eigenvalue weighted by Crippen LogP contribution is 2.28. The number of nitrogens with one attached hydrogen (secondary N) is 1. The maximum absolute atomic E-state index is 5.72. The van der Waals surface area contributed by atoms with Gasteiger partial charge in [0.25, 0.3) is 0 Å². The Bertz CT molecular complexity index is 252. The first-order valence-corrected chi connectivity index (χ1v) is 6.86. The molecule has 3 heteroatoms. The molecule has 0 aliphatic heterocycles. The van der Waals surface area contributed by atoms with Crippen molar-refractivity contribution in [2.24, 2.45) is 16.6 Å². The minimum atomic E-state index is 0.550. The molecule has 0 aromatic heterocycles. The summed E-state index contributed by atoms with van der Waals surface area (Å²) in [5, 5.41) is 3.15. The van der Waals surface area contributed by atoms with Crippen LogP contribution in [0.1, 0.15) is 51.9 Å². The van der Waals surface area contributed by atoms with E-state index in [4.69, 9.17) is 5.73 Å². The number of rotatable bonds is 7. The summed E-state index contributed by atoms with van der Waals surface area (Å²) in [5.41, 5.74) is 6.76. The lowest BCUT2D eigenvalue weighted by atomic mass is 10.0. The molecule has 1 fully saturated rings. The predicted octanol–water partition coefficient (Wildman–Crippen LogP) is 2.83. The molecule has 0 amide bonds. The van der Waals surface area contributed by atoms with Gasteiger partial charge in [-0.2, -0.15) is 0 Å². The Balaban J connectivity index is 1.95. The average Bonchev–Trinajstić information content (AvgIpc) is 2.79. The molecule has 0 atom stereocenters. The smallest absolute Gasteiger partial charge is 0.188 e. The highest BCUT2D eigenvalue weighted by molar-refractivity contribution is 5.77. The zero-order valence-corrected chi connectivity index (χ0v) is 11.2. The average molecular weight is 237 g/mol. The van der Waals surface area contributed by atoms with Gasteiger partial charge < -0.3 is 11.1 Å². The summed E-state index contributed by atoms with van der Waals surface area (Å²) in [5.74, 6) is 1.55. The van der Waals surface area contributed by atoms with Crippen LogP contribution in [-0.4, -0.2) is 19.0 Å². The van der Waals surface area contributed by atoms with Crippen molar-refractivity contribution < 1.29 is 0 Å². The summed E-state index contributed by atoms with van der Waals surface area (Å²) >= 11 is 0. The summed E-state index contributed by atoms with van der Waals surface area (Å²) in [4.78, 5) is 4.18. The van der Waals surface area contributed by atoms with E-state index in [1.165, 1.54) is 44.9 Å². The Labute approximate surface area is 106 Å². The monoisotopic (exact) mass is 237 g/mol. The number of hydrogen-bond acceptors (Lipinski definition) is 1. The van der Waals surface area contributed by atoms with Crippen LogP contribution >= 0.6 is 0 Å². The van der Waals surface area contributed by atoms with Gasteiger partial charge in [0.05, 0.1) is 6.54 Å². The third-order valence-corrected chi connectivity index (χ3v) is 3.34. The molecule has 0 bridgehead atoms. The molecule has 0 aromatic carbocycles. The number of unbranched alkanes of at least 4 members (excludes halogenated alkanes) is 1. The second-order valence-electron chi connectivity index (χ2n) is 5.23. The predicted molar refractivity (Wildman–Crippen MR) is 75.1 cm³/mol. The van der Waals surface area contributed by atoms with Crippen LogP contribution in [0.2, 0.25) is 0 Å². The molecule has 3 N–H and O–H groups in total. The molecule has 0 unspecified atom stereocenters. The van der Waals surface area contributed by atoms with Crippen LogP contribution < -0.4 is 11.1 Å².